The van der Waals surface area contributed by atoms with E-state index in [1.807, 2.05) is 46.9 Å². The van der Waals surface area contributed by atoms with E-state index in [0.29, 0.717) is 0 Å². The zero-order valence-corrected chi connectivity index (χ0v) is 12.9. The van der Waals surface area contributed by atoms with Crippen LogP contribution in [-0.2, 0) is 0 Å². The lowest BCUT2D eigenvalue weighted by molar-refractivity contribution is 0.0584. The summed E-state index contributed by atoms with van der Waals surface area (Å²) in [4.78, 5) is 18.7. The highest BCUT2D eigenvalue weighted by Crippen LogP contribution is 2.22. The molecule has 116 valence electrons. The van der Waals surface area contributed by atoms with Gasteiger partial charge in [-0.3, -0.25) is 4.79 Å². The summed E-state index contributed by atoms with van der Waals surface area (Å²) >= 11 is 0. The number of hydrogen-bond acceptors (Lipinski definition) is 3. The SMILES string of the molecule is CC(N)C1CCCCN1C(=O)c1ccc(-n2ccnc2)cc1. The number of likely N-dealkylation sites (tertiary alicyclic amines) is 1. The fraction of sp³-hybridized carbons (Fsp3) is 0.412. The van der Waals surface area contributed by atoms with Crippen molar-refractivity contribution in [2.45, 2.75) is 38.3 Å². The van der Waals surface area contributed by atoms with Crippen molar-refractivity contribution >= 4 is 5.91 Å². The third-order valence-corrected chi connectivity index (χ3v) is 4.33. The third-order valence-electron chi connectivity index (χ3n) is 4.33. The second-order valence-corrected chi connectivity index (χ2v) is 5.94. The molecule has 22 heavy (non-hydrogen) atoms. The van der Waals surface area contributed by atoms with E-state index in [2.05, 4.69) is 4.98 Å². The first-order chi connectivity index (χ1) is 10.7. The maximum Gasteiger partial charge on any atom is 0.254 e. The Labute approximate surface area is 130 Å². The van der Waals surface area contributed by atoms with E-state index in [9.17, 15) is 4.79 Å². The van der Waals surface area contributed by atoms with Crippen LogP contribution >= 0.6 is 0 Å². The van der Waals surface area contributed by atoms with E-state index >= 15 is 0 Å². The minimum absolute atomic E-state index is 0.00877. The summed E-state index contributed by atoms with van der Waals surface area (Å²) in [5.41, 5.74) is 7.77. The first-order valence-corrected chi connectivity index (χ1v) is 7.82. The molecule has 0 aliphatic carbocycles. The van der Waals surface area contributed by atoms with Crippen LogP contribution < -0.4 is 5.73 Å². The Morgan fingerprint density at radius 1 is 1.32 bits per heavy atom. The molecule has 0 saturated carbocycles. The number of aromatic nitrogens is 2. The van der Waals surface area contributed by atoms with Gasteiger partial charge in [0.1, 0.15) is 0 Å². The molecular formula is C17H22N4O. The molecule has 0 radical (unpaired) electrons. The van der Waals surface area contributed by atoms with Gasteiger partial charge in [0.2, 0.25) is 0 Å². The maximum atomic E-state index is 12.8. The monoisotopic (exact) mass is 298 g/mol. The van der Waals surface area contributed by atoms with Crippen molar-refractivity contribution in [3.8, 4) is 5.69 Å². The molecule has 1 aromatic carbocycles. The van der Waals surface area contributed by atoms with Gasteiger partial charge >= 0.3 is 0 Å². The van der Waals surface area contributed by atoms with Gasteiger partial charge in [0, 0.05) is 42.3 Å². The lowest BCUT2D eigenvalue weighted by Crippen LogP contribution is -2.51. The van der Waals surface area contributed by atoms with Gasteiger partial charge < -0.3 is 15.2 Å². The van der Waals surface area contributed by atoms with Crippen LogP contribution in [-0.4, -0.2) is 39.0 Å². The van der Waals surface area contributed by atoms with Crippen molar-refractivity contribution in [1.29, 1.82) is 0 Å². The first-order valence-electron chi connectivity index (χ1n) is 7.82. The minimum Gasteiger partial charge on any atom is -0.334 e. The van der Waals surface area contributed by atoms with E-state index in [0.717, 1.165) is 37.1 Å². The van der Waals surface area contributed by atoms with Crippen LogP contribution in [0.25, 0.3) is 5.69 Å². The number of piperidine rings is 1. The van der Waals surface area contributed by atoms with E-state index in [1.54, 1.807) is 12.5 Å². The Hall–Kier alpha value is -2.14. The molecule has 2 unspecified atom stereocenters. The third kappa shape index (κ3) is 2.90. The number of carbonyl (C=O) groups excluding carboxylic acids is 1. The van der Waals surface area contributed by atoms with Crippen molar-refractivity contribution in [2.75, 3.05) is 6.54 Å². The molecule has 2 aromatic rings. The Morgan fingerprint density at radius 3 is 2.73 bits per heavy atom. The van der Waals surface area contributed by atoms with Crippen molar-refractivity contribution in [3.63, 3.8) is 0 Å². The molecule has 1 fully saturated rings. The smallest absolute Gasteiger partial charge is 0.254 e. The van der Waals surface area contributed by atoms with Gasteiger partial charge in [-0.2, -0.15) is 0 Å². The normalized spacial score (nSPS) is 19.9. The summed E-state index contributed by atoms with van der Waals surface area (Å²) in [6.45, 7) is 2.78. The number of carbonyl (C=O) groups is 1. The van der Waals surface area contributed by atoms with E-state index < -0.39 is 0 Å². The number of imidazole rings is 1. The van der Waals surface area contributed by atoms with Crippen molar-refractivity contribution in [2.24, 2.45) is 5.73 Å². The topological polar surface area (TPSA) is 64.2 Å². The van der Waals surface area contributed by atoms with Gasteiger partial charge in [0.25, 0.3) is 5.91 Å². The largest absolute Gasteiger partial charge is 0.334 e. The number of nitrogens with zero attached hydrogens (tertiary/aromatic N) is 3. The van der Waals surface area contributed by atoms with E-state index in [-0.39, 0.29) is 18.0 Å². The van der Waals surface area contributed by atoms with Crippen LogP contribution in [0, 0.1) is 0 Å². The quantitative estimate of drug-likeness (QED) is 0.945. The molecular weight excluding hydrogens is 276 g/mol. The number of amides is 1. The summed E-state index contributed by atoms with van der Waals surface area (Å²) in [6, 6.07) is 7.80. The zero-order chi connectivity index (χ0) is 15.5. The van der Waals surface area contributed by atoms with Crippen LogP contribution in [0.2, 0.25) is 0 Å². The molecule has 1 aliphatic heterocycles. The average molecular weight is 298 g/mol. The summed E-state index contributed by atoms with van der Waals surface area (Å²) in [7, 11) is 0. The fourth-order valence-electron chi connectivity index (χ4n) is 3.11. The van der Waals surface area contributed by atoms with Crippen LogP contribution in [0.15, 0.2) is 43.0 Å². The number of hydrogen-bond donors (Lipinski definition) is 1. The minimum atomic E-state index is 0.00877. The van der Waals surface area contributed by atoms with Crippen molar-refractivity contribution in [3.05, 3.63) is 48.5 Å². The lowest BCUT2D eigenvalue weighted by atomic mass is 9.96. The molecule has 3 rings (SSSR count). The average Bonchev–Trinajstić information content (AvgIpc) is 3.09. The van der Waals surface area contributed by atoms with E-state index in [1.165, 1.54) is 0 Å². The van der Waals surface area contributed by atoms with Crippen LogP contribution in [0.4, 0.5) is 0 Å². The molecule has 5 nitrogen and oxygen atoms in total. The van der Waals surface area contributed by atoms with Crippen molar-refractivity contribution < 1.29 is 4.79 Å². The molecule has 0 bridgehead atoms. The molecule has 1 aromatic heterocycles. The number of nitrogens with two attached hydrogens (primary N) is 1. The van der Waals surface area contributed by atoms with Gasteiger partial charge in [0.05, 0.1) is 6.33 Å². The Balaban J connectivity index is 1.79. The summed E-state index contributed by atoms with van der Waals surface area (Å²) in [5.74, 6) is 0.0826. The molecule has 5 heteroatoms. The van der Waals surface area contributed by atoms with Gasteiger partial charge in [-0.25, -0.2) is 4.98 Å². The Kier molecular flexibility index (Phi) is 4.24. The Morgan fingerprint density at radius 2 is 2.09 bits per heavy atom. The zero-order valence-electron chi connectivity index (χ0n) is 12.9. The second-order valence-electron chi connectivity index (χ2n) is 5.94. The second kappa shape index (κ2) is 6.32. The van der Waals surface area contributed by atoms with E-state index in [4.69, 9.17) is 5.73 Å². The molecule has 2 N–H and O–H groups in total. The molecule has 1 saturated heterocycles. The fourth-order valence-corrected chi connectivity index (χ4v) is 3.11. The maximum absolute atomic E-state index is 12.8. The van der Waals surface area contributed by atoms with Gasteiger partial charge in [0.15, 0.2) is 0 Å². The summed E-state index contributed by atoms with van der Waals surface area (Å²) in [5, 5.41) is 0. The molecule has 1 amide bonds. The van der Waals surface area contributed by atoms with Crippen LogP contribution in [0.1, 0.15) is 36.5 Å². The first kappa shape index (κ1) is 14.8. The predicted octanol–water partition coefficient (Wildman–Crippen LogP) is 2.21. The molecule has 2 atom stereocenters. The van der Waals surface area contributed by atoms with Crippen molar-refractivity contribution in [1.82, 2.24) is 14.5 Å². The summed E-state index contributed by atoms with van der Waals surface area (Å²) < 4.78 is 1.92. The molecule has 2 heterocycles. The van der Waals surface area contributed by atoms with Gasteiger partial charge in [-0.1, -0.05) is 0 Å². The predicted molar refractivity (Wildman–Crippen MR) is 85.9 cm³/mol. The molecule has 0 spiro atoms. The highest BCUT2D eigenvalue weighted by Gasteiger charge is 2.29. The highest BCUT2D eigenvalue weighted by atomic mass is 16.2. The number of benzene rings is 1. The van der Waals surface area contributed by atoms with Gasteiger partial charge in [-0.15, -0.1) is 0 Å². The summed E-state index contributed by atoms with van der Waals surface area (Å²) in [6.07, 6.45) is 8.56. The highest BCUT2D eigenvalue weighted by molar-refractivity contribution is 5.94. The van der Waals surface area contributed by atoms with Gasteiger partial charge in [-0.05, 0) is 50.5 Å². The Bertz CT molecular complexity index is 619. The number of rotatable bonds is 3. The van der Waals surface area contributed by atoms with Crippen LogP contribution in [0.5, 0.6) is 0 Å². The molecule has 1 aliphatic rings. The standard InChI is InChI=1S/C17H22N4O/c1-13(18)16-4-2-3-10-21(16)17(22)14-5-7-15(8-6-14)20-11-9-19-12-20/h5-9,11-13,16H,2-4,10,18H2,1H3. The lowest BCUT2D eigenvalue weighted by Gasteiger charge is -2.38. The van der Waals surface area contributed by atoms with Crippen LogP contribution in [0.3, 0.4) is 0 Å².